The molecule has 0 aliphatic heterocycles. The summed E-state index contributed by atoms with van der Waals surface area (Å²) in [6.45, 7) is 0. The van der Waals surface area contributed by atoms with Gasteiger partial charge in [0.15, 0.2) is 0 Å². The van der Waals surface area contributed by atoms with Crippen LogP contribution in [0, 0.1) is 20.2 Å². The number of nitrogens with zero attached hydrogens (tertiary/aromatic N) is 3. The number of nitro groups is 2. The van der Waals surface area contributed by atoms with Crippen molar-refractivity contribution in [1.82, 2.24) is 4.98 Å². The Hall–Kier alpha value is -2.97. The lowest BCUT2D eigenvalue weighted by Gasteiger charge is -2.11. The van der Waals surface area contributed by atoms with Crippen LogP contribution >= 0.6 is 0 Å². The van der Waals surface area contributed by atoms with Crippen LogP contribution in [-0.2, 0) is 0 Å². The first-order chi connectivity index (χ1) is 9.52. The average molecular weight is 279 g/mol. The van der Waals surface area contributed by atoms with Crippen LogP contribution in [0.15, 0.2) is 18.5 Å². The molecule has 0 amide bonds. The molecule has 0 saturated carbocycles. The van der Waals surface area contributed by atoms with E-state index in [1.54, 1.807) is 0 Å². The zero-order chi connectivity index (χ0) is 14.9. The second-order valence-electron chi connectivity index (χ2n) is 3.70. The highest BCUT2D eigenvalue weighted by Crippen LogP contribution is 2.49. The fourth-order valence-electron chi connectivity index (χ4n) is 1.99. The number of hydrogen-bond acceptors (Lipinski definition) is 7. The van der Waals surface area contributed by atoms with Gasteiger partial charge in [0, 0.05) is 12.4 Å². The molecular formula is C11H9N3O6. The van der Waals surface area contributed by atoms with Crippen LogP contribution in [0.4, 0.5) is 11.4 Å². The topological polar surface area (TPSA) is 118 Å². The average Bonchev–Trinajstić information content (AvgIpc) is 2.43. The zero-order valence-electron chi connectivity index (χ0n) is 10.5. The van der Waals surface area contributed by atoms with E-state index in [0.29, 0.717) is 0 Å². The molecule has 0 fully saturated rings. The van der Waals surface area contributed by atoms with Gasteiger partial charge in [0.25, 0.3) is 0 Å². The minimum absolute atomic E-state index is 0.0156. The van der Waals surface area contributed by atoms with Gasteiger partial charge in [-0.2, -0.15) is 0 Å². The second-order valence-corrected chi connectivity index (χ2v) is 3.70. The monoisotopic (exact) mass is 279 g/mol. The molecule has 9 heteroatoms. The van der Waals surface area contributed by atoms with Crippen LogP contribution in [0.25, 0.3) is 10.8 Å². The molecule has 0 atom stereocenters. The lowest BCUT2D eigenvalue weighted by molar-refractivity contribution is -0.387. The normalized spacial score (nSPS) is 10.3. The molecule has 2 aromatic rings. The molecule has 0 radical (unpaired) electrons. The summed E-state index contributed by atoms with van der Waals surface area (Å²) < 4.78 is 9.86. The van der Waals surface area contributed by atoms with E-state index >= 15 is 0 Å². The molecule has 104 valence electrons. The molecule has 0 N–H and O–H groups in total. The molecule has 0 bridgehead atoms. The summed E-state index contributed by atoms with van der Waals surface area (Å²) in [5, 5.41) is 22.5. The highest BCUT2D eigenvalue weighted by atomic mass is 16.6. The Morgan fingerprint density at radius 3 is 1.95 bits per heavy atom. The number of benzene rings is 1. The van der Waals surface area contributed by atoms with Crippen molar-refractivity contribution in [3.05, 3.63) is 38.7 Å². The van der Waals surface area contributed by atoms with Crippen molar-refractivity contribution >= 4 is 22.1 Å². The van der Waals surface area contributed by atoms with Crippen molar-refractivity contribution in [3.8, 4) is 11.5 Å². The van der Waals surface area contributed by atoms with Gasteiger partial charge in [-0.3, -0.25) is 25.2 Å². The van der Waals surface area contributed by atoms with Crippen LogP contribution in [0.1, 0.15) is 0 Å². The predicted octanol–water partition coefficient (Wildman–Crippen LogP) is 2.07. The van der Waals surface area contributed by atoms with Crippen LogP contribution in [0.3, 0.4) is 0 Å². The number of ether oxygens (including phenoxy) is 2. The number of nitro benzene ring substituents is 2. The van der Waals surface area contributed by atoms with Gasteiger partial charge in [-0.25, -0.2) is 0 Å². The number of aromatic nitrogens is 1. The molecule has 0 unspecified atom stereocenters. The van der Waals surface area contributed by atoms with Crippen LogP contribution in [-0.4, -0.2) is 29.1 Å². The SMILES string of the molecule is COc1c(OC)c([N+](=O)[O-])c2cnccc2c1[N+](=O)[O-]. The van der Waals surface area contributed by atoms with Crippen molar-refractivity contribution in [2.75, 3.05) is 14.2 Å². The minimum atomic E-state index is -0.685. The number of hydrogen-bond donors (Lipinski definition) is 0. The minimum Gasteiger partial charge on any atom is -0.487 e. The van der Waals surface area contributed by atoms with Gasteiger partial charge in [-0.1, -0.05) is 0 Å². The van der Waals surface area contributed by atoms with E-state index < -0.39 is 21.2 Å². The van der Waals surface area contributed by atoms with E-state index in [4.69, 9.17) is 9.47 Å². The molecule has 20 heavy (non-hydrogen) atoms. The first kappa shape index (κ1) is 13.5. The molecule has 0 aliphatic rings. The van der Waals surface area contributed by atoms with Crippen molar-refractivity contribution in [2.24, 2.45) is 0 Å². The summed E-state index contributed by atoms with van der Waals surface area (Å²) in [5.74, 6) is -0.590. The highest BCUT2D eigenvalue weighted by molar-refractivity contribution is 6.02. The lowest BCUT2D eigenvalue weighted by atomic mass is 10.1. The van der Waals surface area contributed by atoms with E-state index in [1.807, 2.05) is 0 Å². The van der Waals surface area contributed by atoms with Crippen LogP contribution < -0.4 is 9.47 Å². The summed E-state index contributed by atoms with van der Waals surface area (Å²) in [5.41, 5.74) is -0.814. The summed E-state index contributed by atoms with van der Waals surface area (Å²) in [4.78, 5) is 24.8. The molecule has 2 rings (SSSR count). The molecular weight excluding hydrogens is 270 g/mol. The lowest BCUT2D eigenvalue weighted by Crippen LogP contribution is -2.02. The third-order valence-corrected chi connectivity index (χ3v) is 2.74. The van der Waals surface area contributed by atoms with Gasteiger partial charge >= 0.3 is 11.4 Å². The van der Waals surface area contributed by atoms with E-state index in [1.165, 1.54) is 32.7 Å². The molecule has 1 aromatic carbocycles. The quantitative estimate of drug-likeness (QED) is 0.620. The van der Waals surface area contributed by atoms with E-state index in [2.05, 4.69) is 4.98 Å². The first-order valence-corrected chi connectivity index (χ1v) is 5.33. The summed E-state index contributed by atoms with van der Waals surface area (Å²) in [6.07, 6.45) is 2.49. The van der Waals surface area contributed by atoms with Gasteiger partial charge in [0.2, 0.25) is 11.5 Å². The van der Waals surface area contributed by atoms with Crippen LogP contribution in [0.5, 0.6) is 11.5 Å². The van der Waals surface area contributed by atoms with Crippen molar-refractivity contribution < 1.29 is 19.3 Å². The Labute approximate surface area is 112 Å². The molecule has 9 nitrogen and oxygen atoms in total. The summed E-state index contributed by atoms with van der Waals surface area (Å²) in [7, 11) is 2.36. The maximum atomic E-state index is 11.2. The van der Waals surface area contributed by atoms with Crippen molar-refractivity contribution in [1.29, 1.82) is 0 Å². The first-order valence-electron chi connectivity index (χ1n) is 5.33. The second kappa shape index (κ2) is 4.96. The third-order valence-electron chi connectivity index (χ3n) is 2.74. The Bertz CT molecular complexity index is 654. The predicted molar refractivity (Wildman–Crippen MR) is 68.2 cm³/mol. The van der Waals surface area contributed by atoms with Gasteiger partial charge in [0.1, 0.15) is 0 Å². The standard InChI is InChI=1S/C11H9N3O6/c1-19-10-8(13(15)16)6-3-4-12-5-7(6)9(14(17)18)11(10)20-2/h3-5H,1-2H3. The Balaban J connectivity index is 3.09. The Kier molecular flexibility index (Phi) is 3.34. The molecule has 0 saturated heterocycles. The van der Waals surface area contributed by atoms with Crippen molar-refractivity contribution in [2.45, 2.75) is 0 Å². The maximum absolute atomic E-state index is 11.2. The molecule has 1 aromatic heterocycles. The Morgan fingerprint density at radius 1 is 1.00 bits per heavy atom. The fourth-order valence-corrected chi connectivity index (χ4v) is 1.99. The molecule has 1 heterocycles. The van der Waals surface area contributed by atoms with E-state index in [0.717, 1.165) is 0 Å². The van der Waals surface area contributed by atoms with E-state index in [9.17, 15) is 20.2 Å². The number of rotatable bonds is 4. The van der Waals surface area contributed by atoms with Crippen LogP contribution in [0.2, 0.25) is 0 Å². The van der Waals surface area contributed by atoms with Gasteiger partial charge < -0.3 is 9.47 Å². The Morgan fingerprint density at radius 2 is 1.50 bits per heavy atom. The zero-order valence-corrected chi connectivity index (χ0v) is 10.5. The van der Waals surface area contributed by atoms with Crippen molar-refractivity contribution in [3.63, 3.8) is 0 Å². The van der Waals surface area contributed by atoms with Gasteiger partial charge in [-0.15, -0.1) is 0 Å². The molecule has 0 aliphatic carbocycles. The summed E-state index contributed by atoms with van der Waals surface area (Å²) in [6, 6.07) is 1.32. The fraction of sp³-hybridized carbons (Fsp3) is 0.182. The molecule has 0 spiro atoms. The largest absolute Gasteiger partial charge is 0.487 e. The summed E-state index contributed by atoms with van der Waals surface area (Å²) >= 11 is 0. The highest BCUT2D eigenvalue weighted by Gasteiger charge is 2.34. The van der Waals surface area contributed by atoms with E-state index in [-0.39, 0.29) is 22.3 Å². The van der Waals surface area contributed by atoms with Gasteiger partial charge in [0.05, 0.1) is 34.8 Å². The number of pyridine rings is 1. The number of methoxy groups -OCH3 is 2. The smallest absolute Gasteiger partial charge is 0.324 e. The van der Waals surface area contributed by atoms with Gasteiger partial charge in [-0.05, 0) is 6.07 Å². The number of fused-ring (bicyclic) bond motifs is 1. The maximum Gasteiger partial charge on any atom is 0.324 e. The third kappa shape index (κ3) is 1.85.